The van der Waals surface area contributed by atoms with Crippen LogP contribution in [-0.4, -0.2) is 20.2 Å². The zero-order chi connectivity index (χ0) is 14.5. The lowest BCUT2D eigenvalue weighted by atomic mass is 10.2. The van der Waals surface area contributed by atoms with Crippen molar-refractivity contribution >= 4 is 21.9 Å². The molecular formula is C15H13BrO4. The van der Waals surface area contributed by atoms with Gasteiger partial charge in [0.2, 0.25) is 5.75 Å². The lowest BCUT2D eigenvalue weighted by Gasteiger charge is -2.12. The summed E-state index contributed by atoms with van der Waals surface area (Å²) in [5, 5.41) is 0. The molecule has 0 amide bonds. The van der Waals surface area contributed by atoms with Crippen LogP contribution in [-0.2, 0) is 0 Å². The minimum absolute atomic E-state index is 0.269. The van der Waals surface area contributed by atoms with Gasteiger partial charge in [-0.05, 0) is 36.4 Å². The third-order valence-electron chi connectivity index (χ3n) is 2.66. The fraction of sp³-hybridized carbons (Fsp3) is 0.133. The average molecular weight is 337 g/mol. The Hall–Kier alpha value is -2.01. The van der Waals surface area contributed by atoms with Crippen LogP contribution in [0.1, 0.15) is 10.4 Å². The summed E-state index contributed by atoms with van der Waals surface area (Å²) in [6.45, 7) is 0. The van der Waals surface area contributed by atoms with E-state index < -0.39 is 5.97 Å². The van der Waals surface area contributed by atoms with Crippen molar-refractivity contribution < 1.29 is 19.0 Å². The molecule has 0 aliphatic carbocycles. The van der Waals surface area contributed by atoms with E-state index in [0.29, 0.717) is 17.1 Å². The smallest absolute Gasteiger partial charge is 0.343 e. The number of para-hydroxylation sites is 1. The minimum Gasteiger partial charge on any atom is -0.493 e. The summed E-state index contributed by atoms with van der Waals surface area (Å²) in [4.78, 5) is 12.1. The van der Waals surface area contributed by atoms with Crippen molar-refractivity contribution in [2.24, 2.45) is 0 Å². The Balaban J connectivity index is 2.29. The number of methoxy groups -OCH3 is 2. The molecule has 0 fully saturated rings. The molecule has 0 N–H and O–H groups in total. The summed E-state index contributed by atoms with van der Waals surface area (Å²) >= 11 is 3.31. The number of hydrogen-bond donors (Lipinski definition) is 0. The van der Waals surface area contributed by atoms with Crippen molar-refractivity contribution in [1.29, 1.82) is 0 Å². The Morgan fingerprint density at radius 2 is 1.50 bits per heavy atom. The number of ether oxygens (including phenoxy) is 3. The number of carbonyl (C=O) groups is 1. The fourth-order valence-corrected chi connectivity index (χ4v) is 1.92. The van der Waals surface area contributed by atoms with Gasteiger partial charge in [0, 0.05) is 4.47 Å². The Kier molecular flexibility index (Phi) is 4.63. The largest absolute Gasteiger partial charge is 0.493 e. The number of carbonyl (C=O) groups excluding carboxylic acids is 1. The minimum atomic E-state index is -0.472. The average Bonchev–Trinajstić information content (AvgIpc) is 2.48. The van der Waals surface area contributed by atoms with Crippen molar-refractivity contribution in [3.8, 4) is 17.2 Å². The Morgan fingerprint density at radius 3 is 2.00 bits per heavy atom. The normalized spacial score (nSPS) is 9.95. The van der Waals surface area contributed by atoms with Crippen molar-refractivity contribution in [3.63, 3.8) is 0 Å². The molecule has 2 aromatic rings. The van der Waals surface area contributed by atoms with E-state index in [0.717, 1.165) is 4.47 Å². The monoisotopic (exact) mass is 336 g/mol. The molecule has 0 aliphatic heterocycles. The predicted octanol–water partition coefficient (Wildman–Crippen LogP) is 3.69. The zero-order valence-corrected chi connectivity index (χ0v) is 12.6. The molecule has 104 valence electrons. The Bertz CT molecular complexity index is 586. The van der Waals surface area contributed by atoms with Gasteiger partial charge in [-0.25, -0.2) is 4.79 Å². The topological polar surface area (TPSA) is 44.8 Å². The second-order valence-corrected chi connectivity index (χ2v) is 4.80. The van der Waals surface area contributed by atoms with Crippen LogP contribution in [0.25, 0.3) is 0 Å². The van der Waals surface area contributed by atoms with E-state index in [9.17, 15) is 4.79 Å². The van der Waals surface area contributed by atoms with Gasteiger partial charge in [0.25, 0.3) is 0 Å². The molecular weight excluding hydrogens is 324 g/mol. The predicted molar refractivity (Wildman–Crippen MR) is 78.6 cm³/mol. The standard InChI is InChI=1S/C15H13BrO4/c1-18-12-4-3-5-13(19-2)14(12)20-15(17)10-6-8-11(16)9-7-10/h3-9H,1-2H3. The van der Waals surface area contributed by atoms with Gasteiger partial charge in [0.15, 0.2) is 11.5 Å². The number of benzene rings is 2. The summed E-state index contributed by atoms with van der Waals surface area (Å²) in [6.07, 6.45) is 0. The highest BCUT2D eigenvalue weighted by Crippen LogP contribution is 2.37. The molecule has 0 heterocycles. The highest BCUT2D eigenvalue weighted by Gasteiger charge is 2.16. The molecule has 0 atom stereocenters. The Labute approximate surface area is 125 Å². The van der Waals surface area contributed by atoms with Gasteiger partial charge in [-0.3, -0.25) is 0 Å². The molecule has 0 aliphatic rings. The lowest BCUT2D eigenvalue weighted by molar-refractivity contribution is 0.0724. The SMILES string of the molecule is COc1cccc(OC)c1OC(=O)c1ccc(Br)cc1. The van der Waals surface area contributed by atoms with E-state index in [2.05, 4.69) is 15.9 Å². The molecule has 5 heteroatoms. The number of rotatable bonds is 4. The number of hydrogen-bond acceptors (Lipinski definition) is 4. The van der Waals surface area contributed by atoms with Crippen LogP contribution < -0.4 is 14.2 Å². The van der Waals surface area contributed by atoms with Gasteiger partial charge < -0.3 is 14.2 Å². The summed E-state index contributed by atoms with van der Waals surface area (Å²) in [7, 11) is 3.01. The maximum Gasteiger partial charge on any atom is 0.343 e. The first-order chi connectivity index (χ1) is 9.65. The summed E-state index contributed by atoms with van der Waals surface area (Å²) in [5.74, 6) is 0.676. The second-order valence-electron chi connectivity index (χ2n) is 3.89. The third-order valence-corrected chi connectivity index (χ3v) is 3.19. The molecule has 2 rings (SSSR count). The molecule has 20 heavy (non-hydrogen) atoms. The summed E-state index contributed by atoms with van der Waals surface area (Å²) < 4.78 is 16.6. The van der Waals surface area contributed by atoms with E-state index in [4.69, 9.17) is 14.2 Å². The van der Waals surface area contributed by atoms with E-state index in [1.165, 1.54) is 14.2 Å². The summed E-state index contributed by atoms with van der Waals surface area (Å²) in [5.41, 5.74) is 0.446. The van der Waals surface area contributed by atoms with E-state index >= 15 is 0 Å². The summed E-state index contributed by atoms with van der Waals surface area (Å²) in [6, 6.07) is 12.1. The molecule has 4 nitrogen and oxygen atoms in total. The third kappa shape index (κ3) is 3.11. The molecule has 0 saturated carbocycles. The van der Waals surface area contributed by atoms with Crippen LogP contribution >= 0.6 is 15.9 Å². The maximum absolute atomic E-state index is 12.1. The van der Waals surface area contributed by atoms with Crippen molar-refractivity contribution in [2.75, 3.05) is 14.2 Å². The van der Waals surface area contributed by atoms with Gasteiger partial charge in [-0.2, -0.15) is 0 Å². The van der Waals surface area contributed by atoms with Crippen LogP contribution in [0.15, 0.2) is 46.9 Å². The number of esters is 1. The highest BCUT2D eigenvalue weighted by molar-refractivity contribution is 9.10. The maximum atomic E-state index is 12.1. The van der Waals surface area contributed by atoms with Crippen LogP contribution in [0.4, 0.5) is 0 Å². The molecule has 0 bridgehead atoms. The van der Waals surface area contributed by atoms with E-state index in [1.54, 1.807) is 42.5 Å². The Morgan fingerprint density at radius 1 is 0.950 bits per heavy atom. The van der Waals surface area contributed by atoms with Crippen LogP contribution in [0.3, 0.4) is 0 Å². The van der Waals surface area contributed by atoms with Crippen molar-refractivity contribution in [2.45, 2.75) is 0 Å². The van der Waals surface area contributed by atoms with E-state index in [-0.39, 0.29) is 5.75 Å². The fourth-order valence-electron chi connectivity index (χ4n) is 1.66. The van der Waals surface area contributed by atoms with Gasteiger partial charge in [0.05, 0.1) is 19.8 Å². The van der Waals surface area contributed by atoms with E-state index in [1.807, 2.05) is 0 Å². The van der Waals surface area contributed by atoms with Crippen molar-refractivity contribution in [3.05, 3.63) is 52.5 Å². The van der Waals surface area contributed by atoms with Gasteiger partial charge in [-0.1, -0.05) is 22.0 Å². The molecule has 0 unspecified atom stereocenters. The molecule has 2 aromatic carbocycles. The van der Waals surface area contributed by atoms with Crippen LogP contribution in [0, 0.1) is 0 Å². The molecule has 0 radical (unpaired) electrons. The highest BCUT2D eigenvalue weighted by atomic mass is 79.9. The van der Waals surface area contributed by atoms with Gasteiger partial charge in [-0.15, -0.1) is 0 Å². The zero-order valence-electron chi connectivity index (χ0n) is 11.1. The second kappa shape index (κ2) is 6.43. The first kappa shape index (κ1) is 14.4. The quantitative estimate of drug-likeness (QED) is 0.631. The lowest BCUT2D eigenvalue weighted by Crippen LogP contribution is -2.10. The molecule has 0 saturated heterocycles. The van der Waals surface area contributed by atoms with Gasteiger partial charge >= 0.3 is 5.97 Å². The molecule has 0 aromatic heterocycles. The number of halogens is 1. The molecule has 0 spiro atoms. The van der Waals surface area contributed by atoms with Crippen molar-refractivity contribution in [1.82, 2.24) is 0 Å². The van der Waals surface area contributed by atoms with Gasteiger partial charge in [0.1, 0.15) is 0 Å². The van der Waals surface area contributed by atoms with Crippen LogP contribution in [0.2, 0.25) is 0 Å². The van der Waals surface area contributed by atoms with Crippen LogP contribution in [0.5, 0.6) is 17.2 Å². The first-order valence-electron chi connectivity index (χ1n) is 5.84. The first-order valence-corrected chi connectivity index (χ1v) is 6.63.